The Kier molecular flexibility index (Phi) is 20.9. The van der Waals surface area contributed by atoms with Crippen molar-refractivity contribution in [2.45, 2.75) is 38.6 Å². The molecule has 0 aliphatic carbocycles. The SMILES string of the molecule is CCC(=O)NCCOCCOCC(=O)NCCOCCOCC(=O)NCCCCC(N)C(=O)O. The number of nitrogens with one attached hydrogen (secondary N) is 3. The van der Waals surface area contributed by atoms with Gasteiger partial charge in [-0.1, -0.05) is 6.92 Å². The molecule has 0 radical (unpaired) electrons. The van der Waals surface area contributed by atoms with E-state index in [1.165, 1.54) is 0 Å². The van der Waals surface area contributed by atoms with Crippen molar-refractivity contribution < 1.29 is 43.2 Å². The molecule has 13 heteroatoms. The van der Waals surface area contributed by atoms with Gasteiger partial charge in [0.05, 0.1) is 39.6 Å². The van der Waals surface area contributed by atoms with Crippen LogP contribution in [0.1, 0.15) is 32.6 Å². The summed E-state index contributed by atoms with van der Waals surface area (Å²) in [5.74, 6) is -1.58. The van der Waals surface area contributed by atoms with Gasteiger partial charge in [0.1, 0.15) is 19.3 Å². The molecule has 0 aliphatic heterocycles. The zero-order valence-corrected chi connectivity index (χ0v) is 20.0. The number of carboxylic acids is 1. The second-order valence-electron chi connectivity index (χ2n) is 7.17. The Morgan fingerprint density at radius 2 is 1.18 bits per heavy atom. The van der Waals surface area contributed by atoms with E-state index in [1.54, 1.807) is 6.92 Å². The van der Waals surface area contributed by atoms with Gasteiger partial charge < -0.3 is 45.7 Å². The van der Waals surface area contributed by atoms with E-state index in [2.05, 4.69) is 16.0 Å². The van der Waals surface area contributed by atoms with Crippen LogP contribution in [0.4, 0.5) is 0 Å². The largest absolute Gasteiger partial charge is 0.480 e. The Bertz CT molecular complexity index is 578. The van der Waals surface area contributed by atoms with E-state index < -0.39 is 12.0 Å². The Morgan fingerprint density at radius 3 is 1.68 bits per heavy atom. The third-order valence-corrected chi connectivity index (χ3v) is 4.25. The maximum atomic E-state index is 11.6. The molecule has 0 heterocycles. The van der Waals surface area contributed by atoms with E-state index in [4.69, 9.17) is 29.8 Å². The van der Waals surface area contributed by atoms with Crippen molar-refractivity contribution in [2.24, 2.45) is 5.73 Å². The standard InChI is InChI=1S/C21H40N4O9/c1-2-18(26)24-7-9-31-11-14-34-16-20(28)25-8-10-32-12-13-33-15-19(27)23-6-4-3-5-17(22)21(29)30/h17H,2-16,22H2,1H3,(H,23,27)(H,24,26)(H,25,28)(H,29,30). The summed E-state index contributed by atoms with van der Waals surface area (Å²) >= 11 is 0. The molecule has 0 aromatic heterocycles. The highest BCUT2D eigenvalue weighted by atomic mass is 16.5. The lowest BCUT2D eigenvalue weighted by Crippen LogP contribution is -2.32. The summed E-state index contributed by atoms with van der Waals surface area (Å²) in [5.41, 5.74) is 5.39. The molecule has 0 rings (SSSR count). The molecule has 0 fully saturated rings. The van der Waals surface area contributed by atoms with Crippen LogP contribution in [-0.4, -0.2) is 107 Å². The highest BCUT2D eigenvalue weighted by molar-refractivity contribution is 5.77. The van der Waals surface area contributed by atoms with E-state index in [1.807, 2.05) is 0 Å². The fraction of sp³-hybridized carbons (Fsp3) is 0.810. The minimum absolute atomic E-state index is 0.0262. The van der Waals surface area contributed by atoms with Crippen LogP contribution in [0.15, 0.2) is 0 Å². The van der Waals surface area contributed by atoms with Crippen molar-refractivity contribution in [1.29, 1.82) is 0 Å². The van der Waals surface area contributed by atoms with Crippen molar-refractivity contribution in [1.82, 2.24) is 16.0 Å². The maximum absolute atomic E-state index is 11.6. The summed E-state index contributed by atoms with van der Waals surface area (Å²) in [6.07, 6.45) is 2.05. The fourth-order valence-corrected chi connectivity index (χ4v) is 2.36. The van der Waals surface area contributed by atoms with Crippen LogP contribution >= 0.6 is 0 Å². The van der Waals surface area contributed by atoms with Crippen LogP contribution in [0.5, 0.6) is 0 Å². The lowest BCUT2D eigenvalue weighted by Gasteiger charge is -2.09. The number of ether oxygens (including phenoxy) is 4. The summed E-state index contributed by atoms with van der Waals surface area (Å²) in [4.78, 5) is 44.8. The van der Waals surface area contributed by atoms with E-state index in [0.717, 1.165) is 0 Å². The number of hydrogen-bond donors (Lipinski definition) is 5. The minimum Gasteiger partial charge on any atom is -0.480 e. The van der Waals surface area contributed by atoms with Crippen molar-refractivity contribution >= 4 is 23.7 Å². The van der Waals surface area contributed by atoms with Crippen LogP contribution in [0.2, 0.25) is 0 Å². The number of nitrogens with two attached hydrogens (primary N) is 1. The summed E-state index contributed by atoms with van der Waals surface area (Å²) < 4.78 is 20.9. The van der Waals surface area contributed by atoms with Crippen molar-refractivity contribution in [3.63, 3.8) is 0 Å². The Hall–Kier alpha value is -2.32. The number of aliphatic carboxylic acids is 1. The zero-order valence-electron chi connectivity index (χ0n) is 20.0. The number of carboxylic acid groups (broad SMARTS) is 1. The molecule has 0 saturated heterocycles. The fourth-order valence-electron chi connectivity index (χ4n) is 2.36. The molecule has 1 unspecified atom stereocenters. The number of carbonyl (C=O) groups is 4. The predicted molar refractivity (Wildman–Crippen MR) is 122 cm³/mol. The summed E-state index contributed by atoms with van der Waals surface area (Å²) in [6, 6.07) is -0.871. The molecule has 13 nitrogen and oxygen atoms in total. The number of amides is 3. The smallest absolute Gasteiger partial charge is 0.320 e. The van der Waals surface area contributed by atoms with Crippen molar-refractivity contribution in [3.05, 3.63) is 0 Å². The predicted octanol–water partition coefficient (Wildman–Crippen LogP) is -1.61. The molecular formula is C21H40N4O9. The van der Waals surface area contributed by atoms with Gasteiger partial charge in [-0.3, -0.25) is 19.2 Å². The lowest BCUT2D eigenvalue weighted by atomic mass is 10.1. The first-order chi connectivity index (χ1) is 16.4. The van der Waals surface area contributed by atoms with Gasteiger partial charge in [-0.15, -0.1) is 0 Å². The van der Waals surface area contributed by atoms with Gasteiger partial charge in [-0.2, -0.15) is 0 Å². The van der Waals surface area contributed by atoms with Gasteiger partial charge in [0, 0.05) is 26.1 Å². The van der Waals surface area contributed by atoms with Crippen molar-refractivity contribution in [3.8, 4) is 0 Å². The summed E-state index contributed by atoms with van der Waals surface area (Å²) in [7, 11) is 0. The third kappa shape index (κ3) is 21.5. The average Bonchev–Trinajstić information content (AvgIpc) is 2.81. The second kappa shape index (κ2) is 22.5. The summed E-state index contributed by atoms with van der Waals surface area (Å²) in [6.45, 7) is 4.60. The molecule has 3 amide bonds. The molecule has 6 N–H and O–H groups in total. The number of hydrogen-bond acceptors (Lipinski definition) is 9. The molecule has 1 atom stereocenters. The molecule has 0 aromatic carbocycles. The normalized spacial score (nSPS) is 11.6. The quantitative estimate of drug-likeness (QED) is 0.104. The highest BCUT2D eigenvalue weighted by Crippen LogP contribution is 1.98. The molecule has 0 bridgehead atoms. The van der Waals surface area contributed by atoms with Crippen molar-refractivity contribution in [2.75, 3.05) is 72.5 Å². The first kappa shape index (κ1) is 31.7. The Balaban J connectivity index is 3.35. The molecular weight excluding hydrogens is 452 g/mol. The lowest BCUT2D eigenvalue weighted by molar-refractivity contribution is -0.138. The Labute approximate surface area is 200 Å². The molecule has 0 aliphatic rings. The number of rotatable bonds is 23. The topological polar surface area (TPSA) is 188 Å². The van der Waals surface area contributed by atoms with Gasteiger partial charge in [0.25, 0.3) is 0 Å². The monoisotopic (exact) mass is 492 g/mol. The molecule has 198 valence electrons. The van der Waals surface area contributed by atoms with E-state index in [-0.39, 0.29) is 50.8 Å². The maximum Gasteiger partial charge on any atom is 0.320 e. The van der Waals surface area contributed by atoms with Crippen LogP contribution in [-0.2, 0) is 38.1 Å². The second-order valence-corrected chi connectivity index (χ2v) is 7.17. The number of unbranched alkanes of at least 4 members (excludes halogenated alkanes) is 1. The third-order valence-electron chi connectivity index (χ3n) is 4.25. The van der Waals surface area contributed by atoms with Crippen LogP contribution in [0.25, 0.3) is 0 Å². The highest BCUT2D eigenvalue weighted by Gasteiger charge is 2.10. The van der Waals surface area contributed by atoms with Gasteiger partial charge >= 0.3 is 5.97 Å². The zero-order chi connectivity index (χ0) is 25.4. The van der Waals surface area contributed by atoms with Crippen LogP contribution in [0.3, 0.4) is 0 Å². The molecule has 0 aromatic rings. The van der Waals surface area contributed by atoms with Crippen LogP contribution < -0.4 is 21.7 Å². The van der Waals surface area contributed by atoms with Gasteiger partial charge in [-0.05, 0) is 19.3 Å². The minimum atomic E-state index is -1.03. The molecule has 34 heavy (non-hydrogen) atoms. The average molecular weight is 493 g/mol. The van der Waals surface area contributed by atoms with Crippen LogP contribution in [0, 0.1) is 0 Å². The van der Waals surface area contributed by atoms with Gasteiger partial charge in [0.15, 0.2) is 0 Å². The van der Waals surface area contributed by atoms with Gasteiger partial charge in [0.2, 0.25) is 17.7 Å². The first-order valence-electron chi connectivity index (χ1n) is 11.5. The Morgan fingerprint density at radius 1 is 0.706 bits per heavy atom. The van der Waals surface area contributed by atoms with E-state index in [0.29, 0.717) is 65.1 Å². The molecule has 0 spiro atoms. The summed E-state index contributed by atoms with van der Waals surface area (Å²) in [5, 5.41) is 16.7. The van der Waals surface area contributed by atoms with E-state index in [9.17, 15) is 19.2 Å². The van der Waals surface area contributed by atoms with E-state index >= 15 is 0 Å². The first-order valence-corrected chi connectivity index (χ1v) is 11.5. The number of carbonyl (C=O) groups excluding carboxylic acids is 3. The molecule has 0 saturated carbocycles. The van der Waals surface area contributed by atoms with Gasteiger partial charge in [-0.25, -0.2) is 0 Å².